The van der Waals surface area contributed by atoms with Gasteiger partial charge in [-0.25, -0.2) is 8.42 Å². The first-order valence-corrected chi connectivity index (χ1v) is 11.1. The van der Waals surface area contributed by atoms with Gasteiger partial charge in [-0.15, -0.1) is 0 Å². The molecule has 150 valence electrons. The van der Waals surface area contributed by atoms with Crippen LogP contribution in [0.3, 0.4) is 0 Å². The molecule has 0 amide bonds. The topological polar surface area (TPSA) is 80.5 Å². The maximum atomic E-state index is 13.2. The van der Waals surface area contributed by atoms with Gasteiger partial charge in [-0.3, -0.25) is 9.10 Å². The molecule has 1 aromatic heterocycles. The largest absolute Gasteiger partial charge is 0.360 e. The summed E-state index contributed by atoms with van der Waals surface area (Å²) in [5.41, 5.74) is 1.48. The predicted octanol–water partition coefficient (Wildman–Crippen LogP) is 4.40. The van der Waals surface area contributed by atoms with E-state index in [1.165, 1.54) is 25.4 Å². The lowest BCUT2D eigenvalue weighted by molar-refractivity contribution is 0.103. The van der Waals surface area contributed by atoms with Crippen molar-refractivity contribution >= 4 is 33.1 Å². The third-order valence-electron chi connectivity index (χ3n) is 4.94. The van der Waals surface area contributed by atoms with Gasteiger partial charge in [-0.1, -0.05) is 47.1 Å². The molecule has 0 N–H and O–H groups in total. The Kier molecular flexibility index (Phi) is 5.19. The summed E-state index contributed by atoms with van der Waals surface area (Å²) in [4.78, 5) is 13.2. The number of hydrogen-bond donors (Lipinski definition) is 0. The fourth-order valence-corrected chi connectivity index (χ4v) is 4.62. The first kappa shape index (κ1) is 19.7. The monoisotopic (exact) mass is 430 g/mol. The van der Waals surface area contributed by atoms with Crippen LogP contribution in [0.1, 0.15) is 46.0 Å². The van der Waals surface area contributed by atoms with Gasteiger partial charge in [0.25, 0.3) is 0 Å². The molecular formula is C21H19ClN2O4S. The summed E-state index contributed by atoms with van der Waals surface area (Å²) in [7, 11) is -2.31. The number of aromatic nitrogens is 1. The second kappa shape index (κ2) is 7.65. The molecule has 1 aliphatic carbocycles. The predicted molar refractivity (Wildman–Crippen MR) is 111 cm³/mol. The number of ketones is 1. The third-order valence-corrected chi connectivity index (χ3v) is 6.91. The van der Waals surface area contributed by atoms with Gasteiger partial charge >= 0.3 is 0 Å². The van der Waals surface area contributed by atoms with Crippen LogP contribution in [0.15, 0.2) is 59.3 Å². The van der Waals surface area contributed by atoms with E-state index < -0.39 is 10.0 Å². The molecule has 0 unspecified atom stereocenters. The number of nitrogens with zero attached hydrogens (tertiary/aromatic N) is 2. The zero-order valence-corrected chi connectivity index (χ0v) is 17.3. The van der Waals surface area contributed by atoms with Crippen molar-refractivity contribution < 1.29 is 17.7 Å². The third kappa shape index (κ3) is 4.06. The minimum absolute atomic E-state index is 0.189. The summed E-state index contributed by atoms with van der Waals surface area (Å²) in [6, 6.07) is 13.5. The van der Waals surface area contributed by atoms with Crippen molar-refractivity contribution in [1.82, 2.24) is 5.16 Å². The van der Waals surface area contributed by atoms with E-state index in [-0.39, 0.29) is 28.7 Å². The van der Waals surface area contributed by atoms with Gasteiger partial charge in [0.15, 0.2) is 11.5 Å². The lowest BCUT2D eigenvalue weighted by Gasteiger charge is -2.22. The van der Waals surface area contributed by atoms with Crippen LogP contribution in [0.4, 0.5) is 5.69 Å². The summed E-state index contributed by atoms with van der Waals surface area (Å²) < 4.78 is 32.4. The van der Waals surface area contributed by atoms with Crippen molar-refractivity contribution in [3.8, 4) is 0 Å². The Morgan fingerprint density at radius 2 is 1.90 bits per heavy atom. The van der Waals surface area contributed by atoms with Crippen molar-refractivity contribution in [3.05, 3.63) is 82.2 Å². The standard InChI is InChI=1S/C21H19ClN2O4S/c1-24(29(26,27)13-14-5-3-2-4-6-14)19-11-16(22)9-10-17(19)20(25)18-12-23-28-21(18)15-7-8-15/h2-6,9-12,15H,7-8,13H2,1H3. The highest BCUT2D eigenvalue weighted by molar-refractivity contribution is 7.92. The summed E-state index contributed by atoms with van der Waals surface area (Å²) >= 11 is 6.13. The Balaban J connectivity index is 1.71. The van der Waals surface area contributed by atoms with Gasteiger partial charge in [0.1, 0.15) is 0 Å². The van der Waals surface area contributed by atoms with Crippen molar-refractivity contribution in [2.24, 2.45) is 0 Å². The number of carbonyl (C=O) groups excluding carboxylic acids is 1. The Morgan fingerprint density at radius 3 is 2.59 bits per heavy atom. The van der Waals surface area contributed by atoms with E-state index in [0.717, 1.165) is 17.1 Å². The molecule has 1 saturated carbocycles. The number of sulfonamides is 1. The lowest BCUT2D eigenvalue weighted by Crippen LogP contribution is -2.29. The van der Waals surface area contributed by atoms with Crippen LogP contribution >= 0.6 is 11.6 Å². The van der Waals surface area contributed by atoms with Crippen LogP contribution in [0.5, 0.6) is 0 Å². The highest BCUT2D eigenvalue weighted by atomic mass is 35.5. The maximum absolute atomic E-state index is 13.2. The molecule has 0 radical (unpaired) electrons. The van der Waals surface area contributed by atoms with Gasteiger partial charge < -0.3 is 4.52 Å². The fourth-order valence-electron chi connectivity index (χ4n) is 3.19. The molecular weight excluding hydrogens is 412 g/mol. The van der Waals surface area contributed by atoms with Crippen molar-refractivity contribution in [1.29, 1.82) is 0 Å². The average molecular weight is 431 g/mol. The molecule has 4 rings (SSSR count). The lowest BCUT2D eigenvalue weighted by atomic mass is 10.0. The zero-order chi connectivity index (χ0) is 20.6. The molecule has 2 aromatic carbocycles. The summed E-state index contributed by atoms with van der Waals surface area (Å²) in [6.07, 6.45) is 3.30. The van der Waals surface area contributed by atoms with E-state index in [9.17, 15) is 13.2 Å². The molecule has 0 spiro atoms. The number of hydrogen-bond acceptors (Lipinski definition) is 5. The fraction of sp³-hybridized carbons (Fsp3) is 0.238. The summed E-state index contributed by atoms with van der Waals surface area (Å²) in [5.74, 6) is 0.240. The highest BCUT2D eigenvalue weighted by Crippen LogP contribution is 2.42. The van der Waals surface area contributed by atoms with Crippen LogP contribution in [-0.4, -0.2) is 26.4 Å². The van der Waals surface area contributed by atoms with Gasteiger partial charge in [0.05, 0.1) is 23.2 Å². The van der Waals surface area contributed by atoms with Crippen molar-refractivity contribution in [2.45, 2.75) is 24.5 Å². The van der Waals surface area contributed by atoms with Crippen LogP contribution in [-0.2, 0) is 15.8 Å². The van der Waals surface area contributed by atoms with E-state index in [2.05, 4.69) is 5.16 Å². The minimum atomic E-state index is -3.74. The van der Waals surface area contributed by atoms with E-state index >= 15 is 0 Å². The van der Waals surface area contributed by atoms with Crippen molar-refractivity contribution in [3.63, 3.8) is 0 Å². The van der Waals surface area contributed by atoms with Crippen LogP contribution in [0, 0.1) is 0 Å². The second-order valence-corrected chi connectivity index (χ2v) is 9.51. The molecule has 1 fully saturated rings. The molecule has 0 saturated heterocycles. The molecule has 6 nitrogen and oxygen atoms in total. The Morgan fingerprint density at radius 1 is 1.17 bits per heavy atom. The highest BCUT2D eigenvalue weighted by Gasteiger charge is 2.34. The van der Waals surface area contributed by atoms with Gasteiger partial charge in [0, 0.05) is 23.6 Å². The quantitative estimate of drug-likeness (QED) is 0.519. The molecule has 3 aromatic rings. The average Bonchev–Trinajstić information content (AvgIpc) is 3.43. The van der Waals surface area contributed by atoms with E-state index in [1.54, 1.807) is 30.3 Å². The van der Waals surface area contributed by atoms with E-state index in [0.29, 0.717) is 21.9 Å². The molecule has 8 heteroatoms. The summed E-state index contributed by atoms with van der Waals surface area (Å²) in [6.45, 7) is 0. The molecule has 29 heavy (non-hydrogen) atoms. The Bertz CT molecular complexity index is 1150. The van der Waals surface area contributed by atoms with Crippen molar-refractivity contribution in [2.75, 3.05) is 11.4 Å². The SMILES string of the molecule is CN(c1cc(Cl)ccc1C(=O)c1cnoc1C1CC1)S(=O)(=O)Cc1ccccc1. The maximum Gasteiger partial charge on any atom is 0.239 e. The first-order chi connectivity index (χ1) is 13.9. The van der Waals surface area contributed by atoms with E-state index in [4.69, 9.17) is 16.1 Å². The number of benzene rings is 2. The number of anilines is 1. The molecule has 1 aliphatic rings. The van der Waals surface area contributed by atoms with Gasteiger partial charge in [-0.2, -0.15) is 0 Å². The Hall–Kier alpha value is -2.64. The number of carbonyl (C=O) groups is 1. The number of rotatable bonds is 7. The molecule has 0 bridgehead atoms. The second-order valence-electron chi connectivity index (χ2n) is 7.08. The first-order valence-electron chi connectivity index (χ1n) is 9.16. The van der Waals surface area contributed by atoms with E-state index in [1.807, 2.05) is 6.07 Å². The number of halogens is 1. The zero-order valence-electron chi connectivity index (χ0n) is 15.7. The summed E-state index contributed by atoms with van der Waals surface area (Å²) in [5, 5.41) is 4.11. The molecule has 0 atom stereocenters. The molecule has 0 aliphatic heterocycles. The normalized spacial score (nSPS) is 14.0. The molecule has 1 heterocycles. The minimum Gasteiger partial charge on any atom is -0.360 e. The van der Waals surface area contributed by atoms with Crippen LogP contribution < -0.4 is 4.31 Å². The smallest absolute Gasteiger partial charge is 0.239 e. The van der Waals surface area contributed by atoms with Crippen LogP contribution in [0.2, 0.25) is 5.02 Å². The van der Waals surface area contributed by atoms with Gasteiger partial charge in [-0.05, 0) is 36.6 Å². The van der Waals surface area contributed by atoms with Crippen LogP contribution in [0.25, 0.3) is 0 Å². The Labute approximate surface area is 174 Å². The van der Waals surface area contributed by atoms with Gasteiger partial charge in [0.2, 0.25) is 10.0 Å².